The van der Waals surface area contributed by atoms with Crippen LogP contribution >= 0.6 is 0 Å². The molecule has 0 atom stereocenters. The first-order chi connectivity index (χ1) is 8.59. The molecule has 0 bridgehead atoms. The minimum absolute atomic E-state index is 0.891. The number of rotatable bonds is 3. The zero-order valence-electron chi connectivity index (χ0n) is 10.4. The van der Waals surface area contributed by atoms with E-state index in [-0.39, 0.29) is 0 Å². The summed E-state index contributed by atoms with van der Waals surface area (Å²) in [6, 6.07) is 11.8. The molecule has 1 aromatic carbocycles. The fraction of sp³-hybridized carbons (Fsp3) is 0.133. The van der Waals surface area contributed by atoms with Gasteiger partial charge in [-0.15, -0.1) is 0 Å². The van der Waals surface area contributed by atoms with Crippen molar-refractivity contribution < 1.29 is 9.90 Å². The molecule has 0 spiro atoms. The summed E-state index contributed by atoms with van der Waals surface area (Å²) in [6.45, 7) is 4.06. The Kier molecular flexibility index (Phi) is 3.33. The molecule has 2 aromatic rings. The van der Waals surface area contributed by atoms with Gasteiger partial charge in [-0.25, -0.2) is 4.79 Å². The third kappa shape index (κ3) is 2.35. The quantitative estimate of drug-likeness (QED) is 0.838. The van der Waals surface area contributed by atoms with E-state index in [1.807, 2.05) is 50.2 Å². The van der Waals surface area contributed by atoms with Gasteiger partial charge in [-0.05, 0) is 43.7 Å². The van der Waals surface area contributed by atoms with Gasteiger partial charge in [-0.2, -0.15) is 0 Å². The van der Waals surface area contributed by atoms with Crippen LogP contribution < -0.4 is 0 Å². The fourth-order valence-electron chi connectivity index (χ4n) is 2.04. The van der Waals surface area contributed by atoms with Gasteiger partial charge in [0.05, 0.1) is 5.69 Å². The number of carboxylic acids is 1. The molecule has 3 heteroatoms. The molecule has 0 saturated carbocycles. The number of aromatic nitrogens is 1. The van der Waals surface area contributed by atoms with E-state index in [9.17, 15) is 4.79 Å². The SMILES string of the molecule is Cc1ccc(C)n1-c1ccccc1C=CC(=O)O. The van der Waals surface area contributed by atoms with Crippen LogP contribution in [0.15, 0.2) is 42.5 Å². The normalized spacial score (nSPS) is 11.0. The molecule has 0 radical (unpaired) electrons. The molecule has 3 nitrogen and oxygen atoms in total. The van der Waals surface area contributed by atoms with Gasteiger partial charge < -0.3 is 9.67 Å². The Morgan fingerprint density at radius 3 is 2.33 bits per heavy atom. The second kappa shape index (κ2) is 4.92. The van der Waals surface area contributed by atoms with Crippen molar-refractivity contribution in [3.63, 3.8) is 0 Å². The highest BCUT2D eigenvalue weighted by Crippen LogP contribution is 2.21. The molecule has 0 amide bonds. The van der Waals surface area contributed by atoms with Gasteiger partial charge in [0.2, 0.25) is 0 Å². The Labute approximate surface area is 106 Å². The molecule has 92 valence electrons. The third-order valence-electron chi connectivity index (χ3n) is 2.85. The number of carboxylic acid groups (broad SMARTS) is 1. The lowest BCUT2D eigenvalue weighted by molar-refractivity contribution is -0.131. The number of hydrogen-bond donors (Lipinski definition) is 1. The highest BCUT2D eigenvalue weighted by Gasteiger charge is 2.06. The largest absolute Gasteiger partial charge is 0.478 e. The second-order valence-electron chi connectivity index (χ2n) is 4.18. The predicted molar refractivity (Wildman–Crippen MR) is 71.9 cm³/mol. The topological polar surface area (TPSA) is 42.2 Å². The van der Waals surface area contributed by atoms with Crippen molar-refractivity contribution in [1.29, 1.82) is 0 Å². The minimum Gasteiger partial charge on any atom is -0.478 e. The van der Waals surface area contributed by atoms with E-state index in [0.717, 1.165) is 28.7 Å². The Balaban J connectivity index is 2.55. The summed E-state index contributed by atoms with van der Waals surface area (Å²) in [6.07, 6.45) is 2.78. The van der Waals surface area contributed by atoms with Crippen LogP contribution in [0, 0.1) is 13.8 Å². The second-order valence-corrected chi connectivity index (χ2v) is 4.18. The van der Waals surface area contributed by atoms with Crippen molar-refractivity contribution in [2.75, 3.05) is 0 Å². The highest BCUT2D eigenvalue weighted by molar-refractivity contribution is 5.86. The molecule has 0 unspecified atom stereocenters. The predicted octanol–water partition coefficient (Wildman–Crippen LogP) is 3.19. The summed E-state index contributed by atoms with van der Waals surface area (Å²) < 4.78 is 2.11. The zero-order chi connectivity index (χ0) is 13.1. The smallest absolute Gasteiger partial charge is 0.328 e. The van der Waals surface area contributed by atoms with Crippen molar-refractivity contribution in [3.05, 3.63) is 59.4 Å². The summed E-state index contributed by atoms with van der Waals surface area (Å²) in [4.78, 5) is 10.6. The maximum absolute atomic E-state index is 10.6. The van der Waals surface area contributed by atoms with Crippen LogP contribution in [0.2, 0.25) is 0 Å². The molecular formula is C15H15NO2. The lowest BCUT2D eigenvalue weighted by Gasteiger charge is -2.12. The van der Waals surface area contributed by atoms with E-state index in [4.69, 9.17) is 5.11 Å². The van der Waals surface area contributed by atoms with Crippen molar-refractivity contribution >= 4 is 12.0 Å². The monoisotopic (exact) mass is 241 g/mol. The molecule has 2 rings (SSSR count). The van der Waals surface area contributed by atoms with Gasteiger partial charge in [0, 0.05) is 17.5 Å². The summed E-state index contributed by atoms with van der Waals surface area (Å²) in [5.74, 6) is -0.939. The van der Waals surface area contributed by atoms with Crippen molar-refractivity contribution in [1.82, 2.24) is 4.57 Å². The Morgan fingerprint density at radius 2 is 1.72 bits per heavy atom. The van der Waals surface area contributed by atoms with Crippen LogP contribution in [0.4, 0.5) is 0 Å². The van der Waals surface area contributed by atoms with Gasteiger partial charge in [0.25, 0.3) is 0 Å². The number of aryl methyl sites for hydroxylation is 2. The van der Waals surface area contributed by atoms with Crippen LogP contribution in [0.25, 0.3) is 11.8 Å². The first-order valence-corrected chi connectivity index (χ1v) is 5.75. The van der Waals surface area contributed by atoms with Gasteiger partial charge in [0.1, 0.15) is 0 Å². The summed E-state index contributed by atoms with van der Waals surface area (Å²) in [5, 5.41) is 8.71. The molecule has 1 N–H and O–H groups in total. The number of benzene rings is 1. The molecule has 0 saturated heterocycles. The molecule has 1 aromatic heterocycles. The zero-order valence-corrected chi connectivity index (χ0v) is 10.4. The number of aliphatic carboxylic acids is 1. The maximum Gasteiger partial charge on any atom is 0.328 e. The van der Waals surface area contributed by atoms with Gasteiger partial charge in [-0.1, -0.05) is 18.2 Å². The molecule has 0 fully saturated rings. The van der Waals surface area contributed by atoms with Crippen molar-refractivity contribution in [3.8, 4) is 5.69 Å². The van der Waals surface area contributed by atoms with Gasteiger partial charge >= 0.3 is 5.97 Å². The van der Waals surface area contributed by atoms with E-state index in [1.54, 1.807) is 6.08 Å². The van der Waals surface area contributed by atoms with E-state index < -0.39 is 5.97 Å². The van der Waals surface area contributed by atoms with Crippen molar-refractivity contribution in [2.24, 2.45) is 0 Å². The van der Waals surface area contributed by atoms with Crippen LogP contribution in [0.5, 0.6) is 0 Å². The van der Waals surface area contributed by atoms with E-state index in [1.165, 1.54) is 0 Å². The average molecular weight is 241 g/mol. The molecule has 0 aliphatic heterocycles. The van der Waals surface area contributed by atoms with E-state index in [2.05, 4.69) is 4.57 Å². The molecular weight excluding hydrogens is 226 g/mol. The van der Waals surface area contributed by atoms with E-state index in [0.29, 0.717) is 0 Å². The van der Waals surface area contributed by atoms with Crippen LogP contribution in [-0.2, 0) is 4.79 Å². The number of hydrogen-bond acceptors (Lipinski definition) is 1. The Hall–Kier alpha value is -2.29. The molecule has 0 aliphatic rings. The molecule has 0 aliphatic carbocycles. The lowest BCUT2D eigenvalue weighted by atomic mass is 10.1. The average Bonchev–Trinajstić information content (AvgIpc) is 2.67. The lowest BCUT2D eigenvalue weighted by Crippen LogP contribution is -2.01. The first kappa shape index (κ1) is 12.2. The Morgan fingerprint density at radius 1 is 1.11 bits per heavy atom. The van der Waals surface area contributed by atoms with Crippen LogP contribution in [0.3, 0.4) is 0 Å². The molecule has 18 heavy (non-hydrogen) atoms. The summed E-state index contributed by atoms with van der Waals surface area (Å²) in [5.41, 5.74) is 4.14. The van der Waals surface area contributed by atoms with E-state index >= 15 is 0 Å². The first-order valence-electron chi connectivity index (χ1n) is 5.75. The number of para-hydroxylation sites is 1. The number of nitrogens with zero attached hydrogens (tertiary/aromatic N) is 1. The minimum atomic E-state index is -0.939. The third-order valence-corrected chi connectivity index (χ3v) is 2.85. The standard InChI is InChI=1S/C15H15NO2/c1-11-7-8-12(2)16(11)14-6-4-3-5-13(14)9-10-15(17)18/h3-10H,1-2H3,(H,17,18). The number of carbonyl (C=O) groups is 1. The van der Waals surface area contributed by atoms with Crippen LogP contribution in [0.1, 0.15) is 17.0 Å². The van der Waals surface area contributed by atoms with Gasteiger partial charge in [-0.3, -0.25) is 0 Å². The van der Waals surface area contributed by atoms with Gasteiger partial charge in [0.15, 0.2) is 0 Å². The fourth-order valence-corrected chi connectivity index (χ4v) is 2.04. The molecule has 1 heterocycles. The highest BCUT2D eigenvalue weighted by atomic mass is 16.4. The Bertz CT molecular complexity index is 589. The summed E-state index contributed by atoms with van der Waals surface area (Å²) >= 11 is 0. The maximum atomic E-state index is 10.6. The van der Waals surface area contributed by atoms with Crippen molar-refractivity contribution in [2.45, 2.75) is 13.8 Å². The van der Waals surface area contributed by atoms with Crippen LogP contribution in [-0.4, -0.2) is 15.6 Å². The summed E-state index contributed by atoms with van der Waals surface area (Å²) in [7, 11) is 0.